The minimum atomic E-state index is -1.26. The number of halogens is 1. The monoisotopic (exact) mass is 393 g/mol. The van der Waals surface area contributed by atoms with E-state index in [4.69, 9.17) is 11.6 Å². The lowest BCUT2D eigenvalue weighted by molar-refractivity contribution is -0.124. The van der Waals surface area contributed by atoms with Crippen molar-refractivity contribution in [1.82, 2.24) is 0 Å². The summed E-state index contributed by atoms with van der Waals surface area (Å²) in [6, 6.07) is 13.2. The predicted molar refractivity (Wildman–Crippen MR) is 111 cm³/mol. The van der Waals surface area contributed by atoms with Gasteiger partial charge in [-0.2, -0.15) is 0 Å². The van der Waals surface area contributed by atoms with Gasteiger partial charge in [0.2, 0.25) is 0 Å². The van der Waals surface area contributed by atoms with Crippen molar-refractivity contribution in [2.45, 2.75) is 31.7 Å². The predicted octanol–water partition coefficient (Wildman–Crippen LogP) is 4.45. The number of fused-ring (bicyclic) bond motifs is 4. The van der Waals surface area contributed by atoms with Crippen molar-refractivity contribution in [2.24, 2.45) is 0 Å². The lowest BCUT2D eigenvalue weighted by atomic mass is 9.76. The third-order valence-corrected chi connectivity index (χ3v) is 6.09. The van der Waals surface area contributed by atoms with Crippen LogP contribution in [0.1, 0.15) is 31.7 Å². The fraction of sp³-hybridized carbons (Fsp3) is 0.273. The topological polar surface area (TPSA) is 61.4 Å². The van der Waals surface area contributed by atoms with Crippen LogP contribution < -0.4 is 15.5 Å². The van der Waals surface area contributed by atoms with Crippen molar-refractivity contribution in [2.75, 3.05) is 22.1 Å². The molecule has 2 aromatic rings. The van der Waals surface area contributed by atoms with E-state index < -0.39 is 5.54 Å². The number of nitrogens with one attached hydrogen (secondary N) is 2. The number of likely N-dealkylation sites (N-methyl/N-ethyl adjacent to an activating group) is 1. The number of allylic oxidation sites excluding steroid dienone is 1. The Hall–Kier alpha value is -2.79. The quantitative estimate of drug-likeness (QED) is 0.751. The molecule has 28 heavy (non-hydrogen) atoms. The molecular weight excluding hydrogens is 374 g/mol. The van der Waals surface area contributed by atoms with Crippen molar-refractivity contribution in [3.05, 3.63) is 64.3 Å². The standard InChI is InChI=1S/C22H20ClN3O2/c1-2-26-18-11-10-13(23)12-14(18)22(21(26)28)20-17(8-5-9-19(20)27)24-15-6-3-4-7-16(15)25-22/h3-4,6-7,10-12,24-25H,2,5,8-9H2,1H3. The Bertz CT molecular complexity index is 1060. The summed E-state index contributed by atoms with van der Waals surface area (Å²) in [6.45, 7) is 2.46. The van der Waals surface area contributed by atoms with Gasteiger partial charge in [-0.25, -0.2) is 0 Å². The van der Waals surface area contributed by atoms with Gasteiger partial charge < -0.3 is 15.5 Å². The first-order valence-corrected chi connectivity index (χ1v) is 9.97. The van der Waals surface area contributed by atoms with Crippen LogP contribution in [0.15, 0.2) is 53.7 Å². The number of carbonyl (C=O) groups excluding carboxylic acids is 2. The van der Waals surface area contributed by atoms with Crippen LogP contribution in [-0.2, 0) is 15.1 Å². The van der Waals surface area contributed by atoms with Gasteiger partial charge in [0.1, 0.15) is 0 Å². The highest BCUT2D eigenvalue weighted by atomic mass is 35.5. The molecule has 0 aromatic heterocycles. The molecule has 1 amide bonds. The molecule has 0 saturated heterocycles. The molecule has 142 valence electrons. The van der Waals surface area contributed by atoms with Gasteiger partial charge >= 0.3 is 0 Å². The summed E-state index contributed by atoms with van der Waals surface area (Å²) in [5.41, 5.74) is 3.30. The molecule has 2 aromatic carbocycles. The first-order chi connectivity index (χ1) is 13.6. The van der Waals surface area contributed by atoms with E-state index in [2.05, 4.69) is 10.6 Å². The van der Waals surface area contributed by atoms with E-state index in [-0.39, 0.29) is 11.7 Å². The summed E-state index contributed by atoms with van der Waals surface area (Å²) in [5.74, 6) is -0.125. The van der Waals surface area contributed by atoms with Crippen LogP contribution in [0.2, 0.25) is 5.02 Å². The smallest absolute Gasteiger partial charge is 0.262 e. The number of benzene rings is 2. The van der Waals surface area contributed by atoms with E-state index in [1.165, 1.54) is 0 Å². The number of hydrogen-bond donors (Lipinski definition) is 2. The molecule has 1 spiro atoms. The molecule has 5 rings (SSSR count). The Balaban J connectivity index is 1.87. The van der Waals surface area contributed by atoms with Crippen LogP contribution in [0.5, 0.6) is 0 Å². The number of rotatable bonds is 1. The van der Waals surface area contributed by atoms with Gasteiger partial charge in [0, 0.05) is 29.2 Å². The highest BCUT2D eigenvalue weighted by molar-refractivity contribution is 6.31. The molecule has 6 heteroatoms. The van der Waals surface area contributed by atoms with Gasteiger partial charge in [-0.3, -0.25) is 9.59 Å². The number of nitrogens with zero attached hydrogens (tertiary/aromatic N) is 1. The van der Waals surface area contributed by atoms with E-state index in [1.54, 1.807) is 11.0 Å². The maximum absolute atomic E-state index is 13.9. The van der Waals surface area contributed by atoms with Gasteiger partial charge in [0.15, 0.2) is 11.3 Å². The van der Waals surface area contributed by atoms with E-state index in [1.807, 2.05) is 43.3 Å². The Kier molecular flexibility index (Phi) is 3.78. The lowest BCUT2D eigenvalue weighted by Crippen LogP contribution is -2.50. The average molecular weight is 394 g/mol. The Labute approximate surface area is 168 Å². The van der Waals surface area contributed by atoms with E-state index in [9.17, 15) is 9.59 Å². The normalized spacial score (nSPS) is 23.0. The van der Waals surface area contributed by atoms with Crippen molar-refractivity contribution in [3.8, 4) is 0 Å². The summed E-state index contributed by atoms with van der Waals surface area (Å²) in [5, 5.41) is 7.45. The van der Waals surface area contributed by atoms with Crippen molar-refractivity contribution < 1.29 is 9.59 Å². The molecule has 1 atom stereocenters. The SMILES string of the molecule is CCN1C(=O)C2(Nc3ccccc3NC3=C2C(=O)CCC3)c2cc(Cl)ccc21. The second-order valence-corrected chi connectivity index (χ2v) is 7.82. The number of anilines is 3. The first-order valence-electron chi connectivity index (χ1n) is 9.59. The fourth-order valence-electron chi connectivity index (χ4n) is 4.68. The summed E-state index contributed by atoms with van der Waals surface area (Å²) in [7, 11) is 0. The largest absolute Gasteiger partial charge is 0.362 e. The maximum Gasteiger partial charge on any atom is 0.262 e. The van der Waals surface area contributed by atoms with E-state index in [0.29, 0.717) is 23.6 Å². The minimum Gasteiger partial charge on any atom is -0.362 e. The molecule has 3 aliphatic rings. The highest BCUT2D eigenvalue weighted by Crippen LogP contribution is 2.52. The third-order valence-electron chi connectivity index (χ3n) is 5.86. The summed E-state index contributed by atoms with van der Waals surface area (Å²) in [6.07, 6.45) is 1.95. The maximum atomic E-state index is 13.9. The minimum absolute atomic E-state index is 0.00582. The third kappa shape index (κ3) is 2.20. The molecule has 2 N–H and O–H groups in total. The zero-order chi connectivity index (χ0) is 19.5. The van der Waals surface area contributed by atoms with Gasteiger partial charge in [-0.15, -0.1) is 0 Å². The molecule has 0 saturated carbocycles. The van der Waals surface area contributed by atoms with Crippen molar-refractivity contribution >= 4 is 40.4 Å². The van der Waals surface area contributed by atoms with Gasteiger partial charge in [-0.1, -0.05) is 23.7 Å². The van der Waals surface area contributed by atoms with Crippen LogP contribution in [0.3, 0.4) is 0 Å². The van der Waals surface area contributed by atoms with Crippen LogP contribution in [0, 0.1) is 0 Å². The number of Topliss-reactive ketones (excluding diaryl/α,β-unsaturated/α-hetero) is 1. The molecule has 0 radical (unpaired) electrons. The highest BCUT2D eigenvalue weighted by Gasteiger charge is 2.57. The zero-order valence-corrected chi connectivity index (χ0v) is 16.3. The molecule has 0 fully saturated rings. The van der Waals surface area contributed by atoms with Crippen LogP contribution in [0.4, 0.5) is 17.1 Å². The van der Waals surface area contributed by atoms with Crippen LogP contribution in [0.25, 0.3) is 0 Å². The Morgan fingerprint density at radius 1 is 1.11 bits per heavy atom. The molecule has 5 nitrogen and oxygen atoms in total. The van der Waals surface area contributed by atoms with Gasteiger partial charge in [-0.05, 0) is 50.1 Å². The fourth-order valence-corrected chi connectivity index (χ4v) is 4.85. The molecule has 2 aliphatic heterocycles. The van der Waals surface area contributed by atoms with E-state index in [0.717, 1.165) is 41.2 Å². The number of ketones is 1. The summed E-state index contributed by atoms with van der Waals surface area (Å²) < 4.78 is 0. The number of amides is 1. The molecule has 0 bridgehead atoms. The number of carbonyl (C=O) groups is 2. The van der Waals surface area contributed by atoms with Crippen molar-refractivity contribution in [1.29, 1.82) is 0 Å². The van der Waals surface area contributed by atoms with Crippen molar-refractivity contribution in [3.63, 3.8) is 0 Å². The van der Waals surface area contributed by atoms with E-state index >= 15 is 0 Å². The molecule has 2 heterocycles. The summed E-state index contributed by atoms with van der Waals surface area (Å²) >= 11 is 6.34. The zero-order valence-electron chi connectivity index (χ0n) is 15.5. The molecule has 1 unspecified atom stereocenters. The second-order valence-electron chi connectivity index (χ2n) is 7.39. The molecular formula is C22H20ClN3O2. The number of hydrogen-bond acceptors (Lipinski definition) is 4. The van der Waals surface area contributed by atoms with Crippen LogP contribution in [-0.4, -0.2) is 18.2 Å². The van der Waals surface area contributed by atoms with Gasteiger partial charge in [0.25, 0.3) is 5.91 Å². The second kappa shape index (κ2) is 6.11. The Morgan fingerprint density at radius 3 is 2.68 bits per heavy atom. The number of para-hydroxylation sites is 2. The van der Waals surface area contributed by atoms with Gasteiger partial charge in [0.05, 0.1) is 22.6 Å². The lowest BCUT2D eigenvalue weighted by Gasteiger charge is -2.34. The average Bonchev–Trinajstić information content (AvgIpc) is 2.82. The molecule has 1 aliphatic carbocycles. The first kappa shape index (κ1) is 17.3. The summed E-state index contributed by atoms with van der Waals surface area (Å²) in [4.78, 5) is 28.8. The Morgan fingerprint density at radius 2 is 1.89 bits per heavy atom. The van der Waals surface area contributed by atoms with Crippen LogP contribution >= 0.6 is 11.6 Å².